The molecule has 0 atom stereocenters. The Morgan fingerprint density at radius 3 is 2.57 bits per heavy atom. The molecule has 1 N–H and O–H groups in total. The summed E-state index contributed by atoms with van der Waals surface area (Å²) in [4.78, 5) is 14.4. The van der Waals surface area contributed by atoms with Crippen LogP contribution >= 0.6 is 0 Å². The van der Waals surface area contributed by atoms with E-state index in [-0.39, 0.29) is 17.6 Å². The lowest BCUT2D eigenvalue weighted by Crippen LogP contribution is -2.51. The molecule has 3 nitrogen and oxygen atoms in total. The van der Waals surface area contributed by atoms with E-state index in [1.54, 1.807) is 19.9 Å². The third kappa shape index (κ3) is 3.74. The van der Waals surface area contributed by atoms with Crippen molar-refractivity contribution >= 4 is 5.91 Å². The van der Waals surface area contributed by atoms with E-state index in [9.17, 15) is 14.3 Å². The summed E-state index contributed by atoms with van der Waals surface area (Å²) in [6.45, 7) is 5.21. The number of aryl methyl sites for hydroxylation is 1. The minimum Gasteiger partial charge on any atom is -0.390 e. The number of likely N-dealkylation sites (tertiary alicyclic amines) is 1. The highest BCUT2D eigenvalue weighted by Crippen LogP contribution is 2.39. The Bertz CT molecular complexity index is 583. The van der Waals surface area contributed by atoms with E-state index >= 15 is 0 Å². The first-order chi connectivity index (χ1) is 10.8. The number of nitrogens with zero attached hydrogens (tertiary/aromatic N) is 1. The van der Waals surface area contributed by atoms with Gasteiger partial charge in [0.25, 0.3) is 0 Å². The monoisotopic (exact) mass is 319 g/mol. The van der Waals surface area contributed by atoms with Crippen molar-refractivity contribution in [3.05, 3.63) is 35.1 Å². The van der Waals surface area contributed by atoms with E-state index in [1.807, 2.05) is 17.0 Å². The van der Waals surface area contributed by atoms with Crippen molar-refractivity contribution in [1.29, 1.82) is 0 Å². The fraction of sp³-hybridized carbons (Fsp3) is 0.632. The molecule has 1 aromatic rings. The quantitative estimate of drug-likeness (QED) is 0.930. The minimum absolute atomic E-state index is 0.0151. The molecule has 0 radical (unpaired) electrons. The van der Waals surface area contributed by atoms with Crippen molar-refractivity contribution in [3.8, 4) is 0 Å². The molecule has 1 saturated heterocycles. The Kier molecular flexibility index (Phi) is 4.45. The number of carbonyl (C=O) groups is 1. The van der Waals surface area contributed by atoms with Crippen LogP contribution in [0.2, 0.25) is 0 Å². The fourth-order valence-electron chi connectivity index (χ4n) is 3.96. The second-order valence-electron chi connectivity index (χ2n) is 7.66. The van der Waals surface area contributed by atoms with Gasteiger partial charge in [0.2, 0.25) is 5.91 Å². The summed E-state index contributed by atoms with van der Waals surface area (Å²) >= 11 is 0. The highest BCUT2D eigenvalue weighted by Gasteiger charge is 2.44. The summed E-state index contributed by atoms with van der Waals surface area (Å²) in [6.07, 6.45) is 4.17. The van der Waals surface area contributed by atoms with Gasteiger partial charge in [0.15, 0.2) is 0 Å². The second-order valence-corrected chi connectivity index (χ2v) is 7.66. The van der Waals surface area contributed by atoms with Crippen LogP contribution in [0.5, 0.6) is 0 Å². The highest BCUT2D eigenvalue weighted by molar-refractivity contribution is 5.80. The molecule has 1 saturated carbocycles. The van der Waals surface area contributed by atoms with Crippen molar-refractivity contribution < 1.29 is 14.3 Å². The maximum Gasteiger partial charge on any atom is 0.225 e. The molecule has 23 heavy (non-hydrogen) atoms. The Labute approximate surface area is 137 Å². The van der Waals surface area contributed by atoms with Crippen molar-refractivity contribution in [1.82, 2.24) is 4.90 Å². The van der Waals surface area contributed by atoms with Crippen LogP contribution in [-0.2, 0) is 11.2 Å². The van der Waals surface area contributed by atoms with E-state index in [0.29, 0.717) is 24.3 Å². The van der Waals surface area contributed by atoms with Crippen molar-refractivity contribution in [3.63, 3.8) is 0 Å². The average Bonchev–Trinajstić information content (AvgIpc) is 2.48. The molecule has 2 fully saturated rings. The largest absolute Gasteiger partial charge is 0.390 e. The van der Waals surface area contributed by atoms with Gasteiger partial charge in [0, 0.05) is 19.0 Å². The first-order valence-corrected chi connectivity index (χ1v) is 8.60. The summed E-state index contributed by atoms with van der Waals surface area (Å²) in [5, 5.41) is 9.78. The molecule has 1 heterocycles. The topological polar surface area (TPSA) is 40.5 Å². The lowest BCUT2D eigenvalue weighted by Gasteiger charge is -2.43. The molecule has 2 aliphatic rings. The maximum absolute atomic E-state index is 13.3. The molecule has 0 unspecified atom stereocenters. The maximum atomic E-state index is 13.3. The lowest BCUT2D eigenvalue weighted by atomic mass is 9.71. The third-order valence-corrected chi connectivity index (χ3v) is 5.39. The first kappa shape index (κ1) is 16.4. The van der Waals surface area contributed by atoms with E-state index in [0.717, 1.165) is 32.4 Å². The van der Waals surface area contributed by atoms with Gasteiger partial charge < -0.3 is 10.0 Å². The van der Waals surface area contributed by atoms with Gasteiger partial charge in [-0.3, -0.25) is 4.79 Å². The average molecular weight is 319 g/mol. The van der Waals surface area contributed by atoms with Crippen LogP contribution < -0.4 is 0 Å². The molecule has 126 valence electrons. The number of aliphatic hydroxyl groups is 1. The van der Waals surface area contributed by atoms with E-state index in [2.05, 4.69) is 0 Å². The smallest absolute Gasteiger partial charge is 0.225 e. The van der Waals surface area contributed by atoms with Crippen LogP contribution in [0.4, 0.5) is 4.39 Å². The predicted octanol–water partition coefficient (Wildman–Crippen LogP) is 3.08. The molecular formula is C19H26FNO2. The number of halogens is 1. The Balaban J connectivity index is 1.48. The first-order valence-electron chi connectivity index (χ1n) is 8.60. The van der Waals surface area contributed by atoms with Crippen LogP contribution in [-0.4, -0.2) is 34.6 Å². The fourth-order valence-corrected chi connectivity index (χ4v) is 3.96. The molecule has 0 bridgehead atoms. The molecule has 1 amide bonds. The van der Waals surface area contributed by atoms with E-state index in [1.165, 1.54) is 5.56 Å². The number of carbonyl (C=O) groups excluding carboxylic acids is 1. The zero-order chi connectivity index (χ0) is 16.6. The Morgan fingerprint density at radius 1 is 1.35 bits per heavy atom. The van der Waals surface area contributed by atoms with Crippen molar-refractivity contribution in [2.75, 3.05) is 13.1 Å². The lowest BCUT2D eigenvalue weighted by molar-refractivity contribution is -0.151. The number of hydrogen-bond donors (Lipinski definition) is 1. The van der Waals surface area contributed by atoms with Crippen LogP contribution in [0.1, 0.15) is 43.7 Å². The number of amides is 1. The number of hydrogen-bond acceptors (Lipinski definition) is 2. The van der Waals surface area contributed by atoms with Gasteiger partial charge in [-0.1, -0.05) is 12.1 Å². The molecule has 1 aliphatic carbocycles. The van der Waals surface area contributed by atoms with Crippen LogP contribution in [0.15, 0.2) is 18.2 Å². The van der Waals surface area contributed by atoms with Gasteiger partial charge in [-0.25, -0.2) is 4.39 Å². The normalized spacial score (nSPS) is 28.5. The molecule has 3 rings (SSSR count). The number of rotatable bonds is 3. The molecule has 1 aliphatic heterocycles. The summed E-state index contributed by atoms with van der Waals surface area (Å²) in [5.74, 6) is 0.646. The number of benzene rings is 1. The van der Waals surface area contributed by atoms with Crippen LogP contribution in [0, 0.1) is 24.6 Å². The van der Waals surface area contributed by atoms with Crippen molar-refractivity contribution in [2.45, 2.75) is 51.6 Å². The minimum atomic E-state index is -0.640. The van der Waals surface area contributed by atoms with E-state index in [4.69, 9.17) is 0 Å². The summed E-state index contributed by atoms with van der Waals surface area (Å²) in [5.41, 5.74) is 1.25. The van der Waals surface area contributed by atoms with Gasteiger partial charge >= 0.3 is 0 Å². The zero-order valence-corrected chi connectivity index (χ0v) is 14.0. The predicted molar refractivity (Wildman–Crippen MR) is 87.5 cm³/mol. The van der Waals surface area contributed by atoms with Crippen LogP contribution in [0.25, 0.3) is 0 Å². The van der Waals surface area contributed by atoms with Gasteiger partial charge in [-0.15, -0.1) is 0 Å². The second kappa shape index (κ2) is 6.23. The zero-order valence-electron chi connectivity index (χ0n) is 14.0. The molecular weight excluding hydrogens is 293 g/mol. The molecule has 0 aromatic heterocycles. The standard InChI is InChI=1S/C19H26FNO2/c1-13-9-15(3-4-17(13)20)10-14-5-7-21(8-6-14)18(22)16-11-19(2,23)12-16/h3-4,9,14,16,23H,5-8,10-12H2,1-2H3. The Morgan fingerprint density at radius 2 is 2.00 bits per heavy atom. The van der Waals surface area contributed by atoms with Crippen molar-refractivity contribution in [2.24, 2.45) is 11.8 Å². The Hall–Kier alpha value is -1.42. The van der Waals surface area contributed by atoms with Gasteiger partial charge in [0.05, 0.1) is 5.60 Å². The SMILES string of the molecule is Cc1cc(CC2CCN(C(=O)C3CC(C)(O)C3)CC2)ccc1F. The van der Waals surface area contributed by atoms with E-state index < -0.39 is 5.60 Å². The van der Waals surface area contributed by atoms with Gasteiger partial charge in [-0.2, -0.15) is 0 Å². The molecule has 0 spiro atoms. The third-order valence-electron chi connectivity index (χ3n) is 5.39. The molecule has 4 heteroatoms. The molecule has 1 aromatic carbocycles. The summed E-state index contributed by atoms with van der Waals surface area (Å²) in [7, 11) is 0. The van der Waals surface area contributed by atoms with Crippen LogP contribution in [0.3, 0.4) is 0 Å². The summed E-state index contributed by atoms with van der Waals surface area (Å²) in [6, 6.07) is 5.35. The van der Waals surface area contributed by atoms with Gasteiger partial charge in [-0.05, 0) is 69.1 Å². The van der Waals surface area contributed by atoms with Gasteiger partial charge in [0.1, 0.15) is 5.82 Å². The summed E-state index contributed by atoms with van der Waals surface area (Å²) < 4.78 is 13.3. The number of piperidine rings is 1. The highest BCUT2D eigenvalue weighted by atomic mass is 19.1.